The molecule has 0 aromatic heterocycles. The van der Waals surface area contributed by atoms with Crippen LogP contribution in [0.25, 0.3) is 6.08 Å². The van der Waals surface area contributed by atoms with Gasteiger partial charge in [0.15, 0.2) is 0 Å². The highest BCUT2D eigenvalue weighted by Gasteiger charge is 1.90. The van der Waals surface area contributed by atoms with Gasteiger partial charge in [-0.1, -0.05) is 42.5 Å². The third-order valence-corrected chi connectivity index (χ3v) is 1.58. The third kappa shape index (κ3) is 2.59. The van der Waals surface area contributed by atoms with Crippen LogP contribution in [-0.2, 0) is 0 Å². The summed E-state index contributed by atoms with van der Waals surface area (Å²) < 4.78 is 0. The molecule has 0 spiro atoms. The van der Waals surface area contributed by atoms with E-state index >= 15 is 0 Å². The second-order valence-electron chi connectivity index (χ2n) is 2.69. The van der Waals surface area contributed by atoms with Gasteiger partial charge in [0.25, 0.3) is 0 Å². The zero-order valence-corrected chi connectivity index (χ0v) is 7.07. The van der Waals surface area contributed by atoms with Gasteiger partial charge in [0.2, 0.25) is 0 Å². The second kappa shape index (κ2) is 4.35. The van der Waals surface area contributed by atoms with E-state index in [0.717, 1.165) is 5.56 Å². The van der Waals surface area contributed by atoms with E-state index < -0.39 is 0 Å². The van der Waals surface area contributed by atoms with E-state index in [-0.39, 0.29) is 5.92 Å². The van der Waals surface area contributed by atoms with Crippen molar-refractivity contribution in [2.45, 2.75) is 6.92 Å². The van der Waals surface area contributed by atoms with Crippen LogP contribution >= 0.6 is 0 Å². The fraction of sp³-hybridized carbons (Fsp3) is 0.182. The summed E-state index contributed by atoms with van der Waals surface area (Å²) in [5.74, 6) is -0.00907. The molecule has 1 atom stereocenters. The number of hydrogen-bond donors (Lipinski definition) is 0. The predicted octanol–water partition coefficient (Wildman–Crippen LogP) is 2.86. The molecule has 0 saturated heterocycles. The molecule has 0 aliphatic heterocycles. The van der Waals surface area contributed by atoms with E-state index in [9.17, 15) is 0 Å². The Morgan fingerprint density at radius 2 is 2.00 bits per heavy atom. The average molecular weight is 157 g/mol. The summed E-state index contributed by atoms with van der Waals surface area (Å²) in [4.78, 5) is 0. The minimum atomic E-state index is -0.00907. The fourth-order valence-electron chi connectivity index (χ4n) is 0.863. The van der Waals surface area contributed by atoms with Crippen molar-refractivity contribution in [3.05, 3.63) is 42.0 Å². The molecular formula is C11H11N. The van der Waals surface area contributed by atoms with Gasteiger partial charge in [0, 0.05) is 0 Å². The van der Waals surface area contributed by atoms with Crippen LogP contribution in [-0.4, -0.2) is 0 Å². The van der Waals surface area contributed by atoms with Crippen LogP contribution in [0.4, 0.5) is 0 Å². The van der Waals surface area contributed by atoms with Gasteiger partial charge in [0.1, 0.15) is 0 Å². The Kier molecular flexibility index (Phi) is 3.10. The van der Waals surface area contributed by atoms with E-state index in [4.69, 9.17) is 5.26 Å². The molecule has 0 bridgehead atoms. The van der Waals surface area contributed by atoms with Gasteiger partial charge in [-0.25, -0.2) is 0 Å². The highest BCUT2D eigenvalue weighted by Crippen LogP contribution is 2.03. The van der Waals surface area contributed by atoms with Crippen LogP contribution in [0.15, 0.2) is 36.4 Å². The summed E-state index contributed by atoms with van der Waals surface area (Å²) in [5.41, 5.74) is 1.14. The molecule has 0 radical (unpaired) electrons. The number of rotatable bonds is 2. The van der Waals surface area contributed by atoms with E-state index in [2.05, 4.69) is 6.07 Å². The molecule has 0 fully saturated rings. The summed E-state index contributed by atoms with van der Waals surface area (Å²) in [6.07, 6.45) is 3.86. The fourth-order valence-corrected chi connectivity index (χ4v) is 0.863. The Balaban J connectivity index is 2.65. The molecule has 0 aliphatic rings. The topological polar surface area (TPSA) is 23.8 Å². The molecule has 0 saturated carbocycles. The first-order valence-electron chi connectivity index (χ1n) is 3.96. The van der Waals surface area contributed by atoms with Gasteiger partial charge >= 0.3 is 0 Å². The summed E-state index contributed by atoms with van der Waals surface area (Å²) in [6.45, 7) is 1.87. The van der Waals surface area contributed by atoms with Crippen LogP contribution in [0.5, 0.6) is 0 Å². The normalized spacial score (nSPS) is 12.7. The molecule has 1 aromatic rings. The van der Waals surface area contributed by atoms with Crippen LogP contribution < -0.4 is 0 Å². The first-order valence-corrected chi connectivity index (χ1v) is 3.96. The van der Waals surface area contributed by atoms with E-state index in [1.165, 1.54) is 0 Å². The van der Waals surface area contributed by atoms with Gasteiger partial charge in [-0.05, 0) is 12.5 Å². The molecule has 1 aromatic carbocycles. The molecular weight excluding hydrogens is 146 g/mol. The quantitative estimate of drug-likeness (QED) is 0.647. The van der Waals surface area contributed by atoms with Gasteiger partial charge in [0.05, 0.1) is 12.0 Å². The Labute approximate surface area is 73.0 Å². The Bertz CT molecular complexity index is 293. The molecule has 0 unspecified atom stereocenters. The number of nitrogens with zero attached hydrogens (tertiary/aromatic N) is 1. The number of hydrogen-bond acceptors (Lipinski definition) is 1. The maximum absolute atomic E-state index is 8.51. The zero-order valence-electron chi connectivity index (χ0n) is 7.07. The van der Waals surface area contributed by atoms with Gasteiger partial charge in [-0.2, -0.15) is 5.26 Å². The smallest absolute Gasteiger partial charge is 0.0694 e. The summed E-state index contributed by atoms with van der Waals surface area (Å²) in [6, 6.07) is 12.1. The average Bonchev–Trinajstić information content (AvgIpc) is 2.16. The van der Waals surface area contributed by atoms with Gasteiger partial charge in [-0.15, -0.1) is 0 Å². The molecule has 12 heavy (non-hydrogen) atoms. The zero-order chi connectivity index (χ0) is 8.81. The summed E-state index contributed by atoms with van der Waals surface area (Å²) in [7, 11) is 0. The van der Waals surface area contributed by atoms with Gasteiger partial charge in [-0.3, -0.25) is 0 Å². The lowest BCUT2D eigenvalue weighted by atomic mass is 10.1. The van der Waals surface area contributed by atoms with E-state index in [0.29, 0.717) is 0 Å². The molecule has 1 nitrogen and oxygen atoms in total. The maximum Gasteiger partial charge on any atom is 0.0694 e. The van der Waals surface area contributed by atoms with Crippen molar-refractivity contribution in [1.82, 2.24) is 0 Å². The highest BCUT2D eigenvalue weighted by atomic mass is 14.2. The van der Waals surface area contributed by atoms with Crippen molar-refractivity contribution in [3.8, 4) is 6.07 Å². The van der Waals surface area contributed by atoms with E-state index in [1.54, 1.807) is 0 Å². The monoisotopic (exact) mass is 157 g/mol. The lowest BCUT2D eigenvalue weighted by Gasteiger charge is -1.92. The largest absolute Gasteiger partial charge is 0.198 e. The second-order valence-corrected chi connectivity index (χ2v) is 2.69. The lowest BCUT2D eigenvalue weighted by Crippen LogP contribution is -1.80. The van der Waals surface area contributed by atoms with Crippen LogP contribution in [0, 0.1) is 17.2 Å². The van der Waals surface area contributed by atoms with Gasteiger partial charge < -0.3 is 0 Å². The summed E-state index contributed by atoms with van der Waals surface area (Å²) >= 11 is 0. The number of allylic oxidation sites excluding steroid dienone is 1. The Morgan fingerprint density at radius 1 is 1.33 bits per heavy atom. The van der Waals surface area contributed by atoms with Crippen LogP contribution in [0.2, 0.25) is 0 Å². The molecule has 0 N–H and O–H groups in total. The molecule has 60 valence electrons. The van der Waals surface area contributed by atoms with Crippen LogP contribution in [0.1, 0.15) is 12.5 Å². The standard InChI is InChI=1S/C11H11N/c1-10(9-12)7-8-11-5-3-2-4-6-11/h2-8,10H,1H3/b8-7+/t10-/m0/s1. The first-order chi connectivity index (χ1) is 5.83. The van der Waals surface area contributed by atoms with Crippen molar-refractivity contribution >= 4 is 6.08 Å². The van der Waals surface area contributed by atoms with Crippen molar-refractivity contribution in [3.63, 3.8) is 0 Å². The van der Waals surface area contributed by atoms with Crippen molar-refractivity contribution in [1.29, 1.82) is 5.26 Å². The Morgan fingerprint density at radius 3 is 2.58 bits per heavy atom. The minimum absolute atomic E-state index is 0.00907. The molecule has 0 amide bonds. The molecule has 1 rings (SSSR count). The number of benzene rings is 1. The minimum Gasteiger partial charge on any atom is -0.198 e. The van der Waals surface area contributed by atoms with Crippen molar-refractivity contribution in [2.24, 2.45) is 5.92 Å². The molecule has 0 aliphatic carbocycles. The van der Waals surface area contributed by atoms with Crippen molar-refractivity contribution in [2.75, 3.05) is 0 Å². The predicted molar refractivity (Wildman–Crippen MR) is 50.3 cm³/mol. The first kappa shape index (κ1) is 8.55. The lowest BCUT2D eigenvalue weighted by molar-refractivity contribution is 0.962. The van der Waals surface area contributed by atoms with Crippen LogP contribution in [0.3, 0.4) is 0 Å². The molecule has 0 heterocycles. The Hall–Kier alpha value is -1.55. The number of nitriles is 1. The maximum atomic E-state index is 8.51. The third-order valence-electron chi connectivity index (χ3n) is 1.58. The molecule has 1 heteroatoms. The van der Waals surface area contributed by atoms with E-state index in [1.807, 2.05) is 49.4 Å². The van der Waals surface area contributed by atoms with Crippen molar-refractivity contribution < 1.29 is 0 Å². The summed E-state index contributed by atoms with van der Waals surface area (Å²) in [5, 5.41) is 8.51. The SMILES string of the molecule is C[C@H](C#N)/C=C/c1ccccc1. The highest BCUT2D eigenvalue weighted by molar-refractivity contribution is 5.49.